The van der Waals surface area contributed by atoms with Crippen molar-refractivity contribution in [1.82, 2.24) is 0 Å². The van der Waals surface area contributed by atoms with Crippen molar-refractivity contribution in [3.63, 3.8) is 0 Å². The summed E-state index contributed by atoms with van der Waals surface area (Å²) >= 11 is 1.97. The van der Waals surface area contributed by atoms with E-state index in [0.29, 0.717) is 39.6 Å². The quantitative estimate of drug-likeness (QED) is 0.381. The molecule has 0 rings (SSSR count). The third-order valence-corrected chi connectivity index (χ3v) is 1.60. The van der Waals surface area contributed by atoms with Crippen LogP contribution in [0.1, 0.15) is 0 Å². The molecule has 0 aromatic carbocycles. The second-order valence-electron chi connectivity index (χ2n) is 2.27. The van der Waals surface area contributed by atoms with Crippen LogP contribution in [0.25, 0.3) is 0 Å². The number of hydrogen-bond donors (Lipinski definition) is 1. The molecule has 14 heavy (non-hydrogen) atoms. The molecule has 0 aromatic heterocycles. The van der Waals surface area contributed by atoms with E-state index in [4.69, 9.17) is 19.3 Å². The van der Waals surface area contributed by atoms with Crippen LogP contribution < -0.4 is 0 Å². The Balaban J connectivity index is 2.87. The summed E-state index contributed by atoms with van der Waals surface area (Å²) in [5.74, 6) is 2.77. The van der Waals surface area contributed by atoms with Gasteiger partial charge in [0.1, 0.15) is 6.61 Å². The van der Waals surface area contributed by atoms with Crippen LogP contribution in [0.15, 0.2) is 0 Å². The Morgan fingerprint density at radius 2 is 1.50 bits per heavy atom. The fourth-order valence-corrected chi connectivity index (χ4v) is 0.811. The zero-order valence-corrected chi connectivity index (χ0v) is 10.2. The molecule has 1 N–H and O–H groups in total. The molecule has 0 aliphatic carbocycles. The van der Waals surface area contributed by atoms with Crippen LogP contribution in [0.3, 0.4) is 0 Å². The van der Waals surface area contributed by atoms with Crippen molar-refractivity contribution in [2.75, 3.05) is 46.2 Å². The van der Waals surface area contributed by atoms with Crippen molar-refractivity contribution >= 4 is 22.6 Å². The Labute approximate surface area is 98.1 Å². The number of rotatable bonds is 9. The van der Waals surface area contributed by atoms with Crippen LogP contribution in [0.5, 0.6) is 0 Å². The van der Waals surface area contributed by atoms with Crippen LogP contribution in [0.4, 0.5) is 0 Å². The average molecular weight is 314 g/mol. The number of ether oxygens (including phenoxy) is 3. The lowest BCUT2D eigenvalue weighted by Gasteiger charge is -2.04. The molecule has 4 nitrogen and oxygen atoms in total. The van der Waals surface area contributed by atoms with Crippen molar-refractivity contribution in [2.45, 2.75) is 0 Å². The van der Waals surface area contributed by atoms with E-state index in [9.17, 15) is 0 Å². The first-order valence-electron chi connectivity index (χ1n) is 4.34. The zero-order chi connectivity index (χ0) is 10.5. The highest BCUT2D eigenvalue weighted by Gasteiger charge is 1.89. The topological polar surface area (TPSA) is 47.9 Å². The monoisotopic (exact) mass is 314 g/mol. The molecule has 0 saturated carbocycles. The Morgan fingerprint density at radius 1 is 0.929 bits per heavy atom. The molecule has 0 heterocycles. The molecule has 0 aromatic rings. The minimum absolute atomic E-state index is 0.0537. The van der Waals surface area contributed by atoms with Gasteiger partial charge in [-0.1, -0.05) is 5.92 Å². The molecule has 82 valence electrons. The Kier molecular flexibility index (Phi) is 13.3. The largest absolute Gasteiger partial charge is 0.394 e. The van der Waals surface area contributed by atoms with Crippen LogP contribution in [0, 0.1) is 9.85 Å². The highest BCUT2D eigenvalue weighted by Crippen LogP contribution is 1.81. The van der Waals surface area contributed by atoms with Crippen LogP contribution >= 0.6 is 22.6 Å². The second kappa shape index (κ2) is 13.1. The van der Waals surface area contributed by atoms with Gasteiger partial charge in [-0.2, -0.15) is 0 Å². The Morgan fingerprint density at radius 3 is 2.07 bits per heavy atom. The summed E-state index contributed by atoms with van der Waals surface area (Å²) in [5.41, 5.74) is 0. The maximum absolute atomic E-state index is 8.39. The van der Waals surface area contributed by atoms with E-state index in [1.165, 1.54) is 0 Å². The van der Waals surface area contributed by atoms with Crippen molar-refractivity contribution in [3.8, 4) is 9.85 Å². The lowest BCUT2D eigenvalue weighted by Crippen LogP contribution is -2.10. The molecule has 0 fully saturated rings. The summed E-state index contributed by atoms with van der Waals surface area (Å²) in [6, 6.07) is 0. The first-order valence-corrected chi connectivity index (χ1v) is 5.42. The molecule has 5 heteroatoms. The summed E-state index contributed by atoms with van der Waals surface area (Å²) in [5, 5.41) is 8.39. The van der Waals surface area contributed by atoms with Gasteiger partial charge in [-0.15, -0.1) is 0 Å². The lowest BCUT2D eigenvalue weighted by molar-refractivity contribution is 0.0123. The molecule has 0 radical (unpaired) electrons. The van der Waals surface area contributed by atoms with E-state index in [-0.39, 0.29) is 6.61 Å². The average Bonchev–Trinajstić information content (AvgIpc) is 2.21. The van der Waals surface area contributed by atoms with Gasteiger partial charge in [0.25, 0.3) is 0 Å². The van der Waals surface area contributed by atoms with Gasteiger partial charge in [0.2, 0.25) is 0 Å². The molecular weight excluding hydrogens is 299 g/mol. The molecule has 0 bridgehead atoms. The smallest absolute Gasteiger partial charge is 0.108 e. The van der Waals surface area contributed by atoms with E-state index in [0.717, 1.165) is 0 Å². The highest BCUT2D eigenvalue weighted by molar-refractivity contribution is 14.1. The van der Waals surface area contributed by atoms with Crippen LogP contribution in [-0.4, -0.2) is 51.4 Å². The number of aliphatic hydroxyl groups excluding tert-OH is 1. The first kappa shape index (κ1) is 14.1. The predicted octanol–water partition coefficient (Wildman–Crippen LogP) is 0.424. The lowest BCUT2D eigenvalue weighted by atomic mass is 10.7. The van der Waals surface area contributed by atoms with E-state index in [1.807, 2.05) is 22.6 Å². The van der Waals surface area contributed by atoms with E-state index in [1.54, 1.807) is 0 Å². The normalized spacial score (nSPS) is 9.57. The van der Waals surface area contributed by atoms with Gasteiger partial charge in [-0.3, -0.25) is 0 Å². The van der Waals surface area contributed by atoms with Crippen LogP contribution in [-0.2, 0) is 14.2 Å². The van der Waals surface area contributed by atoms with Gasteiger partial charge in [0, 0.05) is 22.6 Å². The minimum Gasteiger partial charge on any atom is -0.394 e. The molecular formula is C9H15IO4. The summed E-state index contributed by atoms with van der Waals surface area (Å²) in [6.07, 6.45) is 0. The van der Waals surface area contributed by atoms with Crippen molar-refractivity contribution in [3.05, 3.63) is 0 Å². The molecule has 0 aliphatic rings. The molecule has 0 amide bonds. The van der Waals surface area contributed by atoms with Crippen molar-refractivity contribution < 1.29 is 19.3 Å². The summed E-state index contributed by atoms with van der Waals surface area (Å²) < 4.78 is 18.0. The molecule has 0 atom stereocenters. The highest BCUT2D eigenvalue weighted by atomic mass is 127. The summed E-state index contributed by atoms with van der Waals surface area (Å²) in [4.78, 5) is 0. The van der Waals surface area contributed by atoms with E-state index < -0.39 is 0 Å². The SMILES string of the molecule is OCCOCCOCCOCC#CI. The maximum Gasteiger partial charge on any atom is 0.108 e. The first-order chi connectivity index (χ1) is 6.91. The third-order valence-electron chi connectivity index (χ3n) is 1.22. The van der Waals surface area contributed by atoms with Gasteiger partial charge >= 0.3 is 0 Å². The fraction of sp³-hybridized carbons (Fsp3) is 0.778. The molecule has 0 saturated heterocycles. The second-order valence-corrected chi connectivity index (χ2v) is 2.81. The van der Waals surface area contributed by atoms with Gasteiger partial charge < -0.3 is 19.3 Å². The third kappa shape index (κ3) is 12.1. The number of halogens is 1. The van der Waals surface area contributed by atoms with Crippen LogP contribution in [0.2, 0.25) is 0 Å². The van der Waals surface area contributed by atoms with Gasteiger partial charge in [-0.05, 0) is 3.93 Å². The summed E-state index contributed by atoms with van der Waals surface area (Å²) in [6.45, 7) is 3.00. The van der Waals surface area contributed by atoms with Crippen molar-refractivity contribution in [1.29, 1.82) is 0 Å². The fourth-order valence-electron chi connectivity index (χ4n) is 0.655. The van der Waals surface area contributed by atoms with Crippen molar-refractivity contribution in [2.24, 2.45) is 0 Å². The molecule has 0 unspecified atom stereocenters. The van der Waals surface area contributed by atoms with Gasteiger partial charge in [-0.25, -0.2) is 0 Å². The van der Waals surface area contributed by atoms with Gasteiger partial charge in [0.05, 0.1) is 39.6 Å². The standard InChI is InChI=1S/C9H15IO4/c10-2-1-4-12-6-8-14-9-7-13-5-3-11/h11H,3-9H2. The molecule has 0 aliphatic heterocycles. The van der Waals surface area contributed by atoms with E-state index >= 15 is 0 Å². The number of aliphatic hydroxyl groups is 1. The summed E-state index contributed by atoms with van der Waals surface area (Å²) in [7, 11) is 0. The zero-order valence-electron chi connectivity index (χ0n) is 8.00. The van der Waals surface area contributed by atoms with E-state index in [2.05, 4.69) is 9.85 Å². The predicted molar refractivity (Wildman–Crippen MR) is 61.3 cm³/mol. The minimum atomic E-state index is 0.0537. The molecule has 0 spiro atoms. The van der Waals surface area contributed by atoms with Gasteiger partial charge in [0.15, 0.2) is 0 Å². The Bertz CT molecular complexity index is 164. The Hall–Kier alpha value is 0.130. The number of hydrogen-bond acceptors (Lipinski definition) is 4. The maximum atomic E-state index is 8.39.